The third-order valence-electron chi connectivity index (χ3n) is 4.99. The van der Waals surface area contributed by atoms with Crippen LogP contribution >= 0.6 is 0 Å². The van der Waals surface area contributed by atoms with Gasteiger partial charge in [-0.1, -0.05) is 18.2 Å². The lowest BCUT2D eigenvalue weighted by atomic mass is 10.2. The number of anilines is 1. The molecule has 2 aromatic heterocycles. The van der Waals surface area contributed by atoms with Crippen LogP contribution in [0, 0.1) is 5.82 Å². The second kappa shape index (κ2) is 8.05. The van der Waals surface area contributed by atoms with Crippen molar-refractivity contribution in [2.75, 3.05) is 11.9 Å². The summed E-state index contributed by atoms with van der Waals surface area (Å²) in [4.78, 5) is 30.2. The molecule has 0 fully saturated rings. The van der Waals surface area contributed by atoms with Crippen molar-refractivity contribution in [3.63, 3.8) is 0 Å². The maximum absolute atomic E-state index is 13.8. The lowest BCUT2D eigenvalue weighted by molar-refractivity contribution is -0.141. The van der Waals surface area contributed by atoms with Gasteiger partial charge in [-0.05, 0) is 12.5 Å². The quantitative estimate of drug-likeness (QED) is 0.611. The molecule has 0 radical (unpaired) electrons. The number of aromatic nitrogens is 5. The second-order valence-corrected chi connectivity index (χ2v) is 7.18. The van der Waals surface area contributed by atoms with Crippen LogP contribution in [0.4, 0.5) is 23.4 Å². The standard InChI is InChI=1S/C19H17F4N7O2/c1-28-15-8-14(19(21,22)23)26-30(15)7-6-13(18(28)32)25-17(31)16-24-10-29(27-16)9-11-4-2-3-5-12(11)20/h2-5,8,10,13H,6-7,9H2,1H3,(H,25,31)/t13-/m1/s1. The first-order valence-corrected chi connectivity index (χ1v) is 9.50. The molecule has 0 saturated heterocycles. The highest BCUT2D eigenvalue weighted by atomic mass is 19.4. The van der Waals surface area contributed by atoms with Crippen LogP contribution in [0.2, 0.25) is 0 Å². The number of benzene rings is 1. The molecule has 4 rings (SSSR count). The van der Waals surface area contributed by atoms with Crippen LogP contribution in [-0.2, 0) is 24.1 Å². The third kappa shape index (κ3) is 4.18. The van der Waals surface area contributed by atoms with E-state index in [0.29, 0.717) is 5.56 Å². The fraction of sp³-hybridized carbons (Fsp3) is 0.316. The number of nitrogens with one attached hydrogen (secondary N) is 1. The summed E-state index contributed by atoms with van der Waals surface area (Å²) in [6, 6.07) is 5.87. The summed E-state index contributed by atoms with van der Waals surface area (Å²) in [5.41, 5.74) is -0.739. The van der Waals surface area contributed by atoms with Crippen LogP contribution in [0.15, 0.2) is 36.7 Å². The Morgan fingerprint density at radius 2 is 2.00 bits per heavy atom. The van der Waals surface area contributed by atoms with Gasteiger partial charge in [-0.25, -0.2) is 18.7 Å². The van der Waals surface area contributed by atoms with Gasteiger partial charge in [0.05, 0.1) is 6.54 Å². The minimum Gasteiger partial charge on any atom is -0.337 e. The van der Waals surface area contributed by atoms with Crippen LogP contribution in [0.25, 0.3) is 0 Å². The first-order chi connectivity index (χ1) is 15.1. The Bertz CT molecular complexity index is 1170. The first-order valence-electron chi connectivity index (χ1n) is 9.50. The molecule has 1 aliphatic rings. The van der Waals surface area contributed by atoms with Gasteiger partial charge in [0.2, 0.25) is 5.82 Å². The van der Waals surface area contributed by atoms with E-state index in [-0.39, 0.29) is 31.2 Å². The van der Waals surface area contributed by atoms with E-state index in [4.69, 9.17) is 0 Å². The molecule has 1 atom stereocenters. The molecule has 0 bridgehead atoms. The molecule has 0 spiro atoms. The molecule has 32 heavy (non-hydrogen) atoms. The number of nitrogens with zero attached hydrogens (tertiary/aromatic N) is 6. The second-order valence-electron chi connectivity index (χ2n) is 7.18. The summed E-state index contributed by atoms with van der Waals surface area (Å²) in [6.45, 7) is 0.0439. The zero-order valence-corrected chi connectivity index (χ0v) is 16.7. The van der Waals surface area contributed by atoms with Gasteiger partial charge in [0.15, 0.2) is 5.69 Å². The van der Waals surface area contributed by atoms with Gasteiger partial charge in [-0.3, -0.25) is 14.5 Å². The van der Waals surface area contributed by atoms with Crippen LogP contribution in [0.3, 0.4) is 0 Å². The molecule has 0 aliphatic carbocycles. The smallest absolute Gasteiger partial charge is 0.337 e. The Morgan fingerprint density at radius 1 is 1.25 bits per heavy atom. The van der Waals surface area contributed by atoms with Gasteiger partial charge in [-0.15, -0.1) is 5.10 Å². The molecule has 1 N–H and O–H groups in total. The van der Waals surface area contributed by atoms with Gasteiger partial charge < -0.3 is 5.32 Å². The van der Waals surface area contributed by atoms with Crippen LogP contribution < -0.4 is 10.2 Å². The van der Waals surface area contributed by atoms with Crippen molar-refractivity contribution in [1.29, 1.82) is 0 Å². The number of halogens is 4. The number of aryl methyl sites for hydroxylation is 1. The monoisotopic (exact) mass is 451 g/mol. The number of carbonyl (C=O) groups excluding carboxylic acids is 2. The van der Waals surface area contributed by atoms with E-state index in [0.717, 1.165) is 15.6 Å². The van der Waals surface area contributed by atoms with Crippen molar-refractivity contribution in [1.82, 2.24) is 29.9 Å². The van der Waals surface area contributed by atoms with Crippen molar-refractivity contribution in [3.8, 4) is 0 Å². The summed E-state index contributed by atoms with van der Waals surface area (Å²) in [7, 11) is 1.31. The fourth-order valence-electron chi connectivity index (χ4n) is 3.33. The summed E-state index contributed by atoms with van der Waals surface area (Å²) in [5, 5.41) is 10.0. The molecule has 0 saturated carbocycles. The summed E-state index contributed by atoms with van der Waals surface area (Å²) < 4.78 is 54.9. The lowest BCUT2D eigenvalue weighted by Crippen LogP contribution is -2.47. The highest BCUT2D eigenvalue weighted by Gasteiger charge is 2.38. The Hall–Kier alpha value is -3.77. The minimum absolute atomic E-state index is 0.0123. The van der Waals surface area contributed by atoms with Crippen molar-refractivity contribution in [2.24, 2.45) is 0 Å². The Kier molecular flexibility index (Phi) is 5.40. The molecule has 1 aromatic carbocycles. The van der Waals surface area contributed by atoms with E-state index in [1.807, 2.05) is 0 Å². The molecule has 13 heteroatoms. The van der Waals surface area contributed by atoms with Crippen LogP contribution in [0.1, 0.15) is 28.3 Å². The normalized spacial score (nSPS) is 16.6. The van der Waals surface area contributed by atoms with E-state index in [2.05, 4.69) is 20.5 Å². The SMILES string of the molecule is CN1C(=O)[C@H](NC(=O)c2ncn(Cc3ccccc3F)n2)CCn2nc(C(F)(F)F)cc21. The molecule has 2 amide bonds. The summed E-state index contributed by atoms with van der Waals surface area (Å²) >= 11 is 0. The number of alkyl halides is 3. The van der Waals surface area contributed by atoms with Crippen LogP contribution in [0.5, 0.6) is 0 Å². The van der Waals surface area contributed by atoms with Gasteiger partial charge in [0.25, 0.3) is 11.8 Å². The van der Waals surface area contributed by atoms with Gasteiger partial charge in [0, 0.05) is 25.2 Å². The Morgan fingerprint density at radius 3 is 2.72 bits per heavy atom. The van der Waals surface area contributed by atoms with Gasteiger partial charge >= 0.3 is 6.18 Å². The molecule has 0 unspecified atom stereocenters. The van der Waals surface area contributed by atoms with Crippen molar-refractivity contribution in [2.45, 2.75) is 31.7 Å². The molecular formula is C19H17F4N7O2. The number of carbonyl (C=O) groups is 2. The van der Waals surface area contributed by atoms with Gasteiger partial charge in [0.1, 0.15) is 24.0 Å². The van der Waals surface area contributed by atoms with E-state index in [1.54, 1.807) is 18.2 Å². The zero-order valence-electron chi connectivity index (χ0n) is 16.7. The molecular weight excluding hydrogens is 434 g/mol. The van der Waals surface area contributed by atoms with Crippen molar-refractivity contribution >= 4 is 17.6 Å². The molecule has 3 heterocycles. The minimum atomic E-state index is -4.64. The average Bonchev–Trinajstić information content (AvgIpc) is 3.36. The number of likely N-dealkylation sites (N-methyl/N-ethyl adjacent to an activating group) is 1. The predicted octanol–water partition coefficient (Wildman–Crippen LogP) is 1.85. The van der Waals surface area contributed by atoms with Crippen molar-refractivity contribution < 1.29 is 27.2 Å². The van der Waals surface area contributed by atoms with Gasteiger partial charge in [-0.2, -0.15) is 18.3 Å². The number of hydrogen-bond acceptors (Lipinski definition) is 5. The van der Waals surface area contributed by atoms with Crippen LogP contribution in [-0.4, -0.2) is 49.4 Å². The number of amides is 2. The first kappa shape index (κ1) is 21.5. The van der Waals surface area contributed by atoms with Crippen molar-refractivity contribution in [3.05, 3.63) is 59.6 Å². The topological polar surface area (TPSA) is 97.9 Å². The Balaban J connectivity index is 1.45. The number of rotatable bonds is 4. The Labute approximate surface area is 178 Å². The summed E-state index contributed by atoms with van der Waals surface area (Å²) in [5.74, 6) is -2.01. The third-order valence-corrected chi connectivity index (χ3v) is 4.99. The zero-order chi connectivity index (χ0) is 23.0. The summed E-state index contributed by atoms with van der Waals surface area (Å²) in [6.07, 6.45) is -3.35. The van der Waals surface area contributed by atoms with E-state index in [9.17, 15) is 27.2 Å². The highest BCUT2D eigenvalue weighted by molar-refractivity contribution is 6.00. The predicted molar refractivity (Wildman–Crippen MR) is 102 cm³/mol. The maximum Gasteiger partial charge on any atom is 0.435 e. The molecule has 3 aromatic rings. The van der Waals surface area contributed by atoms with E-state index in [1.165, 1.54) is 24.1 Å². The molecule has 1 aliphatic heterocycles. The molecule has 168 valence electrons. The number of fused-ring (bicyclic) bond motifs is 1. The lowest BCUT2D eigenvalue weighted by Gasteiger charge is -2.19. The largest absolute Gasteiger partial charge is 0.435 e. The fourth-order valence-corrected chi connectivity index (χ4v) is 3.33. The van der Waals surface area contributed by atoms with E-state index >= 15 is 0 Å². The highest BCUT2D eigenvalue weighted by Crippen LogP contribution is 2.32. The number of hydrogen-bond donors (Lipinski definition) is 1. The van der Waals surface area contributed by atoms with E-state index < -0.39 is 35.5 Å². The maximum atomic E-state index is 13.8. The average molecular weight is 451 g/mol. The molecule has 9 nitrogen and oxygen atoms in total.